The van der Waals surface area contributed by atoms with Gasteiger partial charge < -0.3 is 19.3 Å². The zero-order chi connectivity index (χ0) is 31.7. The van der Waals surface area contributed by atoms with Gasteiger partial charge in [-0.15, -0.1) is 0 Å². The van der Waals surface area contributed by atoms with Crippen LogP contribution in [-0.4, -0.2) is 18.3 Å². The lowest BCUT2D eigenvalue weighted by atomic mass is 9.91. The number of unbranched alkanes of at least 4 members (excludes halogenated alkanes) is 1. The molecule has 234 valence electrons. The lowest BCUT2D eigenvalue weighted by Gasteiger charge is -2.21. The fourth-order valence-corrected chi connectivity index (χ4v) is 6.25. The van der Waals surface area contributed by atoms with E-state index in [0.29, 0.717) is 51.3 Å². The van der Waals surface area contributed by atoms with Crippen LogP contribution in [0.15, 0.2) is 116 Å². The van der Waals surface area contributed by atoms with Crippen LogP contribution >= 0.6 is 0 Å². The first kappa shape index (κ1) is 31.0. The van der Waals surface area contributed by atoms with Crippen molar-refractivity contribution in [2.45, 2.75) is 52.1 Å². The number of rotatable bonds is 10. The molecule has 0 unspecified atom stereocenters. The molecule has 0 aromatic heterocycles. The first-order valence-electron chi connectivity index (χ1n) is 16.3. The Bertz CT molecular complexity index is 1790. The van der Waals surface area contributed by atoms with E-state index in [1.165, 1.54) is 0 Å². The van der Waals surface area contributed by atoms with Crippen molar-refractivity contribution >= 4 is 0 Å². The van der Waals surface area contributed by atoms with Crippen LogP contribution in [0, 0.1) is 0 Å². The van der Waals surface area contributed by atoms with Gasteiger partial charge in [-0.05, 0) is 56.5 Å². The van der Waals surface area contributed by atoms with Crippen molar-refractivity contribution in [3.05, 3.63) is 166 Å². The summed E-state index contributed by atoms with van der Waals surface area (Å²) < 4.78 is 19.6. The second-order valence-electron chi connectivity index (χ2n) is 11.9. The Kier molecular flexibility index (Phi) is 10.0. The topological polar surface area (TPSA) is 47.9 Å². The van der Waals surface area contributed by atoms with Crippen LogP contribution in [0.3, 0.4) is 0 Å². The molecule has 6 rings (SSSR count). The Morgan fingerprint density at radius 3 is 1.48 bits per heavy atom. The van der Waals surface area contributed by atoms with Gasteiger partial charge in [0.15, 0.2) is 0 Å². The molecule has 0 saturated carbocycles. The normalized spacial score (nSPS) is 12.3. The van der Waals surface area contributed by atoms with Crippen LogP contribution < -0.4 is 14.2 Å². The summed E-state index contributed by atoms with van der Waals surface area (Å²) in [4.78, 5) is 0. The number of phenolic OH excluding ortho intramolecular Hbond substituents is 1. The fourth-order valence-electron chi connectivity index (χ4n) is 6.25. The minimum absolute atomic E-state index is 0.323. The maximum atomic E-state index is 11.6. The zero-order valence-electron chi connectivity index (χ0n) is 26.6. The van der Waals surface area contributed by atoms with Gasteiger partial charge in [0.1, 0.15) is 36.2 Å². The van der Waals surface area contributed by atoms with E-state index in [2.05, 4.69) is 80.2 Å². The summed E-state index contributed by atoms with van der Waals surface area (Å²) >= 11 is 0. The minimum Gasteiger partial charge on any atom is -0.507 e. The summed E-state index contributed by atoms with van der Waals surface area (Å²) in [6, 6.07) is 35.4. The SMILES string of the molecule is C=CCOc1c2cccc1Cc1cccc(c1OCc1ccccc1)Cc1cccc(c1O)Cc1cccc(c1OCCCC)C2. The average molecular weight is 611 g/mol. The van der Waals surface area contributed by atoms with E-state index in [4.69, 9.17) is 14.2 Å². The number of fused-ring (bicyclic) bond motifs is 8. The summed E-state index contributed by atoms with van der Waals surface area (Å²) in [6.07, 6.45) is 6.21. The molecular weight excluding hydrogens is 568 g/mol. The van der Waals surface area contributed by atoms with E-state index < -0.39 is 0 Å². The highest BCUT2D eigenvalue weighted by atomic mass is 16.5. The van der Waals surface area contributed by atoms with Crippen LogP contribution in [0.25, 0.3) is 0 Å². The van der Waals surface area contributed by atoms with E-state index in [1.54, 1.807) is 6.08 Å². The number of para-hydroxylation sites is 4. The molecule has 0 spiro atoms. The number of aromatic hydroxyl groups is 1. The third-order valence-corrected chi connectivity index (χ3v) is 8.58. The fraction of sp³-hybridized carbons (Fsp3) is 0.238. The molecule has 0 fully saturated rings. The van der Waals surface area contributed by atoms with Gasteiger partial charge in [0.05, 0.1) is 6.61 Å². The highest BCUT2D eigenvalue weighted by Crippen LogP contribution is 2.38. The first-order chi connectivity index (χ1) is 22.6. The van der Waals surface area contributed by atoms with Gasteiger partial charge in [-0.2, -0.15) is 0 Å². The van der Waals surface area contributed by atoms with Crippen LogP contribution in [-0.2, 0) is 32.3 Å². The third-order valence-electron chi connectivity index (χ3n) is 8.58. The third kappa shape index (κ3) is 7.13. The Balaban J connectivity index is 1.51. The van der Waals surface area contributed by atoms with Gasteiger partial charge in [-0.25, -0.2) is 0 Å². The van der Waals surface area contributed by atoms with E-state index in [9.17, 15) is 5.11 Å². The molecule has 5 aromatic rings. The van der Waals surface area contributed by atoms with Crippen LogP contribution in [0.4, 0.5) is 0 Å². The molecule has 8 bridgehead atoms. The largest absolute Gasteiger partial charge is 0.507 e. The Morgan fingerprint density at radius 2 is 1.00 bits per heavy atom. The van der Waals surface area contributed by atoms with Crippen molar-refractivity contribution in [2.24, 2.45) is 0 Å². The number of benzene rings is 5. The highest BCUT2D eigenvalue weighted by Gasteiger charge is 2.21. The standard InChI is InChI=1S/C42H42O4/c1-3-5-24-45-41-33-17-10-21-37(41)27-35-19-12-20-36(40(35)44-23-4-2)28-38-22-11-18-34(26-32-16-9-15-31(25-33)39(32)43)42(38)46-29-30-13-7-6-8-14-30/h4,6-22,43H,2-3,5,23-29H2,1H3. The number of hydrogen-bond acceptors (Lipinski definition) is 4. The number of phenols is 1. The average Bonchev–Trinajstić information content (AvgIpc) is 3.07. The summed E-state index contributed by atoms with van der Waals surface area (Å²) in [5.41, 5.74) is 9.29. The van der Waals surface area contributed by atoms with Gasteiger partial charge in [0.25, 0.3) is 0 Å². The van der Waals surface area contributed by atoms with Crippen LogP contribution in [0.1, 0.15) is 69.8 Å². The highest BCUT2D eigenvalue weighted by molar-refractivity contribution is 5.55. The summed E-state index contributed by atoms with van der Waals surface area (Å²) in [5, 5.41) is 11.6. The predicted octanol–water partition coefficient (Wildman–Crippen LogP) is 9.39. The molecule has 4 heteroatoms. The maximum Gasteiger partial charge on any atom is 0.126 e. The predicted molar refractivity (Wildman–Crippen MR) is 186 cm³/mol. The molecule has 0 saturated heterocycles. The second kappa shape index (κ2) is 14.9. The lowest BCUT2D eigenvalue weighted by molar-refractivity contribution is 0.300. The van der Waals surface area contributed by atoms with E-state index in [0.717, 1.165) is 80.2 Å². The van der Waals surface area contributed by atoms with Crippen LogP contribution in [0.2, 0.25) is 0 Å². The Labute approximate surface area is 272 Å². The molecular formula is C42H42O4. The molecule has 4 nitrogen and oxygen atoms in total. The van der Waals surface area contributed by atoms with E-state index in [-0.39, 0.29) is 0 Å². The minimum atomic E-state index is 0.323. The molecule has 0 amide bonds. The van der Waals surface area contributed by atoms with Gasteiger partial charge in [-0.1, -0.05) is 129 Å². The monoisotopic (exact) mass is 610 g/mol. The first-order valence-corrected chi connectivity index (χ1v) is 16.3. The van der Waals surface area contributed by atoms with Crippen molar-refractivity contribution in [3.8, 4) is 23.0 Å². The quantitative estimate of drug-likeness (QED) is 0.124. The summed E-state index contributed by atoms with van der Waals surface area (Å²) in [6.45, 7) is 7.60. The van der Waals surface area contributed by atoms with Crippen molar-refractivity contribution in [2.75, 3.05) is 13.2 Å². The molecule has 0 aliphatic heterocycles. The summed E-state index contributed by atoms with van der Waals surface area (Å²) in [7, 11) is 0. The molecule has 1 aliphatic rings. The Morgan fingerprint density at radius 1 is 0.565 bits per heavy atom. The van der Waals surface area contributed by atoms with Crippen molar-refractivity contribution in [3.63, 3.8) is 0 Å². The molecule has 5 aromatic carbocycles. The van der Waals surface area contributed by atoms with Crippen LogP contribution in [0.5, 0.6) is 23.0 Å². The molecule has 1 N–H and O–H groups in total. The lowest BCUT2D eigenvalue weighted by Crippen LogP contribution is -2.08. The zero-order valence-corrected chi connectivity index (χ0v) is 26.6. The van der Waals surface area contributed by atoms with E-state index >= 15 is 0 Å². The second-order valence-corrected chi connectivity index (χ2v) is 11.9. The van der Waals surface area contributed by atoms with Crippen molar-refractivity contribution in [1.82, 2.24) is 0 Å². The number of hydrogen-bond donors (Lipinski definition) is 1. The van der Waals surface area contributed by atoms with Gasteiger partial charge in [-0.3, -0.25) is 0 Å². The summed E-state index contributed by atoms with van der Waals surface area (Å²) in [5.74, 6) is 2.95. The van der Waals surface area contributed by atoms with Gasteiger partial charge in [0.2, 0.25) is 0 Å². The molecule has 46 heavy (non-hydrogen) atoms. The molecule has 0 atom stereocenters. The van der Waals surface area contributed by atoms with Gasteiger partial charge in [0, 0.05) is 25.7 Å². The Hall–Kier alpha value is -4.96. The van der Waals surface area contributed by atoms with Gasteiger partial charge >= 0.3 is 0 Å². The molecule has 0 radical (unpaired) electrons. The smallest absolute Gasteiger partial charge is 0.126 e. The molecule has 0 heterocycles. The number of ether oxygens (including phenoxy) is 3. The van der Waals surface area contributed by atoms with Crippen molar-refractivity contribution in [1.29, 1.82) is 0 Å². The maximum absolute atomic E-state index is 11.6. The molecule has 1 aliphatic carbocycles. The van der Waals surface area contributed by atoms with E-state index in [1.807, 2.05) is 36.4 Å². The van der Waals surface area contributed by atoms with Crippen molar-refractivity contribution < 1.29 is 19.3 Å².